The summed E-state index contributed by atoms with van der Waals surface area (Å²) < 4.78 is 0. The van der Waals surface area contributed by atoms with Crippen LogP contribution in [0.3, 0.4) is 0 Å². The van der Waals surface area contributed by atoms with E-state index in [4.69, 9.17) is 0 Å². The molecule has 1 atom stereocenters. The van der Waals surface area contributed by atoms with E-state index in [1.165, 1.54) is 5.56 Å². The summed E-state index contributed by atoms with van der Waals surface area (Å²) in [6.07, 6.45) is 8.45. The van der Waals surface area contributed by atoms with Crippen molar-refractivity contribution in [2.75, 3.05) is 18.4 Å². The number of aliphatic carboxylic acids is 1. The first kappa shape index (κ1) is 21.2. The molecule has 1 aliphatic heterocycles. The largest absolute Gasteiger partial charge is 0.481 e. The van der Waals surface area contributed by atoms with Crippen LogP contribution in [0.15, 0.2) is 12.1 Å². The second-order valence-electron chi connectivity index (χ2n) is 7.36. The molecular formula is C21H33N3O3. The van der Waals surface area contributed by atoms with Crippen LogP contribution in [0, 0.1) is 5.92 Å². The number of amides is 1. The Morgan fingerprint density at radius 1 is 1.26 bits per heavy atom. The first-order chi connectivity index (χ1) is 13.1. The number of unbranched alkanes of at least 4 members (excludes halogenated alkanes) is 2. The molecule has 0 aromatic carbocycles. The minimum atomic E-state index is -0.760. The number of aryl methyl sites for hydroxylation is 2. The van der Waals surface area contributed by atoms with E-state index in [9.17, 15) is 14.7 Å². The zero-order chi connectivity index (χ0) is 19.5. The summed E-state index contributed by atoms with van der Waals surface area (Å²) in [6.45, 7) is 3.49. The molecule has 150 valence electrons. The highest BCUT2D eigenvalue weighted by molar-refractivity contribution is 5.76. The maximum atomic E-state index is 11.9. The molecular weight excluding hydrogens is 342 g/mol. The molecule has 1 aliphatic rings. The van der Waals surface area contributed by atoms with E-state index in [1.807, 2.05) is 0 Å². The molecule has 3 N–H and O–H groups in total. The lowest BCUT2D eigenvalue weighted by Crippen LogP contribution is -2.27. The Kier molecular flexibility index (Phi) is 9.08. The lowest BCUT2D eigenvalue weighted by Gasteiger charge is -2.17. The number of carboxylic acid groups (broad SMARTS) is 1. The number of hydrogen-bond acceptors (Lipinski definition) is 4. The highest BCUT2D eigenvalue weighted by atomic mass is 16.4. The van der Waals surface area contributed by atoms with E-state index < -0.39 is 5.97 Å². The molecule has 0 saturated heterocycles. The molecule has 1 unspecified atom stereocenters. The molecule has 0 spiro atoms. The molecule has 6 heteroatoms. The van der Waals surface area contributed by atoms with Gasteiger partial charge in [0.1, 0.15) is 5.82 Å². The lowest BCUT2D eigenvalue weighted by molar-refractivity contribution is -0.142. The summed E-state index contributed by atoms with van der Waals surface area (Å²) in [5, 5.41) is 15.4. The van der Waals surface area contributed by atoms with Gasteiger partial charge in [-0.1, -0.05) is 25.8 Å². The van der Waals surface area contributed by atoms with Crippen LogP contribution in [0.1, 0.15) is 69.5 Å². The molecule has 1 amide bonds. The minimum Gasteiger partial charge on any atom is -0.481 e. The maximum Gasteiger partial charge on any atom is 0.306 e. The van der Waals surface area contributed by atoms with Crippen LogP contribution in [0.4, 0.5) is 5.82 Å². The van der Waals surface area contributed by atoms with E-state index in [-0.39, 0.29) is 11.8 Å². The number of fused-ring (bicyclic) bond motifs is 1. The average molecular weight is 376 g/mol. The van der Waals surface area contributed by atoms with Crippen LogP contribution < -0.4 is 10.6 Å². The normalized spacial score (nSPS) is 14.1. The van der Waals surface area contributed by atoms with Gasteiger partial charge in [0.15, 0.2) is 0 Å². The van der Waals surface area contributed by atoms with Gasteiger partial charge in [-0.3, -0.25) is 9.59 Å². The van der Waals surface area contributed by atoms with Crippen molar-refractivity contribution in [3.8, 4) is 0 Å². The Morgan fingerprint density at radius 2 is 2.11 bits per heavy atom. The van der Waals surface area contributed by atoms with Crippen molar-refractivity contribution in [2.45, 2.75) is 71.1 Å². The number of carbonyl (C=O) groups excluding carboxylic acids is 1. The fraction of sp³-hybridized carbons (Fsp3) is 0.667. The first-order valence-corrected chi connectivity index (χ1v) is 10.3. The zero-order valence-electron chi connectivity index (χ0n) is 16.4. The van der Waals surface area contributed by atoms with Gasteiger partial charge in [-0.15, -0.1) is 0 Å². The van der Waals surface area contributed by atoms with Crippen LogP contribution in [-0.4, -0.2) is 35.1 Å². The predicted octanol–water partition coefficient (Wildman–Crippen LogP) is 3.55. The number of nitrogens with zero attached hydrogens (tertiary/aromatic N) is 1. The lowest BCUT2D eigenvalue weighted by atomic mass is 9.99. The quantitative estimate of drug-likeness (QED) is 0.486. The Bertz CT molecular complexity index is 619. The molecule has 27 heavy (non-hydrogen) atoms. The molecule has 1 aromatic rings. The molecule has 2 rings (SSSR count). The molecule has 0 radical (unpaired) electrons. The minimum absolute atomic E-state index is 0.00898. The first-order valence-electron chi connectivity index (χ1n) is 10.3. The number of carboxylic acids is 1. The van der Waals surface area contributed by atoms with Crippen molar-refractivity contribution in [3.05, 3.63) is 23.4 Å². The Balaban J connectivity index is 1.60. The van der Waals surface area contributed by atoms with Gasteiger partial charge in [0.25, 0.3) is 0 Å². The molecule has 0 fully saturated rings. The fourth-order valence-corrected chi connectivity index (χ4v) is 3.42. The van der Waals surface area contributed by atoms with Crippen molar-refractivity contribution in [2.24, 2.45) is 5.92 Å². The molecule has 0 bridgehead atoms. The second kappa shape index (κ2) is 11.6. The van der Waals surface area contributed by atoms with E-state index in [0.29, 0.717) is 25.8 Å². The summed E-state index contributed by atoms with van der Waals surface area (Å²) in [5.74, 6) is -0.0825. The summed E-state index contributed by atoms with van der Waals surface area (Å²) in [5.41, 5.74) is 2.37. The summed E-state index contributed by atoms with van der Waals surface area (Å²) >= 11 is 0. The standard InChI is InChI=1S/C21H33N3O3/c1-2-3-7-17(21(26)27)13-15-22-19(25)10-5-4-9-18-12-11-16-8-6-14-23-20(16)24-18/h11-12,17H,2-10,13-15H2,1H3,(H,22,25)(H,23,24)(H,26,27). The number of carbonyl (C=O) groups is 2. The molecule has 0 aliphatic carbocycles. The highest BCUT2D eigenvalue weighted by Gasteiger charge is 2.16. The van der Waals surface area contributed by atoms with E-state index >= 15 is 0 Å². The van der Waals surface area contributed by atoms with Crippen molar-refractivity contribution < 1.29 is 14.7 Å². The van der Waals surface area contributed by atoms with Crippen LogP contribution in [0.25, 0.3) is 0 Å². The van der Waals surface area contributed by atoms with E-state index in [0.717, 1.165) is 63.0 Å². The topological polar surface area (TPSA) is 91.3 Å². The van der Waals surface area contributed by atoms with Gasteiger partial charge in [-0.2, -0.15) is 0 Å². The van der Waals surface area contributed by atoms with Crippen LogP contribution >= 0.6 is 0 Å². The molecule has 6 nitrogen and oxygen atoms in total. The van der Waals surface area contributed by atoms with Crippen LogP contribution in [-0.2, 0) is 22.4 Å². The number of pyridine rings is 1. The van der Waals surface area contributed by atoms with Gasteiger partial charge >= 0.3 is 5.97 Å². The number of aromatic nitrogens is 1. The number of anilines is 1. The van der Waals surface area contributed by atoms with Gasteiger partial charge in [0.05, 0.1) is 5.92 Å². The van der Waals surface area contributed by atoms with Crippen LogP contribution in [0.5, 0.6) is 0 Å². The number of nitrogens with one attached hydrogen (secondary N) is 2. The van der Waals surface area contributed by atoms with E-state index in [1.54, 1.807) is 0 Å². The van der Waals surface area contributed by atoms with Gasteiger partial charge in [0.2, 0.25) is 5.91 Å². The number of rotatable bonds is 12. The third-order valence-electron chi connectivity index (χ3n) is 5.11. The molecule has 1 aromatic heterocycles. The van der Waals surface area contributed by atoms with Gasteiger partial charge < -0.3 is 15.7 Å². The van der Waals surface area contributed by atoms with Crippen molar-refractivity contribution >= 4 is 17.7 Å². The monoisotopic (exact) mass is 375 g/mol. The number of hydrogen-bond donors (Lipinski definition) is 3. The van der Waals surface area contributed by atoms with E-state index in [2.05, 4.69) is 34.7 Å². The summed E-state index contributed by atoms with van der Waals surface area (Å²) in [4.78, 5) is 27.8. The van der Waals surface area contributed by atoms with Gasteiger partial charge in [-0.05, 0) is 56.6 Å². The van der Waals surface area contributed by atoms with Gasteiger partial charge in [0, 0.05) is 25.2 Å². The van der Waals surface area contributed by atoms with Crippen LogP contribution in [0.2, 0.25) is 0 Å². The SMILES string of the molecule is CCCCC(CCNC(=O)CCCCc1ccc2c(n1)NCCC2)C(=O)O. The average Bonchev–Trinajstić information content (AvgIpc) is 2.67. The fourth-order valence-electron chi connectivity index (χ4n) is 3.42. The highest BCUT2D eigenvalue weighted by Crippen LogP contribution is 2.20. The predicted molar refractivity (Wildman–Crippen MR) is 107 cm³/mol. The molecule has 0 saturated carbocycles. The third kappa shape index (κ3) is 7.57. The third-order valence-corrected chi connectivity index (χ3v) is 5.11. The Hall–Kier alpha value is -2.11. The summed E-state index contributed by atoms with van der Waals surface area (Å²) in [7, 11) is 0. The smallest absolute Gasteiger partial charge is 0.306 e. The maximum absolute atomic E-state index is 11.9. The van der Waals surface area contributed by atoms with Crippen molar-refractivity contribution in [1.82, 2.24) is 10.3 Å². The summed E-state index contributed by atoms with van der Waals surface area (Å²) in [6, 6.07) is 4.25. The van der Waals surface area contributed by atoms with Gasteiger partial charge in [-0.25, -0.2) is 4.98 Å². The van der Waals surface area contributed by atoms with Crippen molar-refractivity contribution in [3.63, 3.8) is 0 Å². The Labute approximate surface area is 162 Å². The van der Waals surface area contributed by atoms with Crippen molar-refractivity contribution in [1.29, 1.82) is 0 Å². The molecule has 2 heterocycles. The second-order valence-corrected chi connectivity index (χ2v) is 7.36. The zero-order valence-corrected chi connectivity index (χ0v) is 16.4. The Morgan fingerprint density at radius 3 is 2.89 bits per heavy atom.